The quantitative estimate of drug-likeness (QED) is 0.154. The predicted octanol–water partition coefficient (Wildman–Crippen LogP) is 14.6. The van der Waals surface area contributed by atoms with Crippen molar-refractivity contribution in [3.05, 3.63) is 233 Å². The monoisotopic (exact) mass is 785 g/mol. The van der Waals surface area contributed by atoms with Gasteiger partial charge in [-0.3, -0.25) is 0 Å². The maximum Gasteiger partial charge on any atom is 0.160 e. The summed E-state index contributed by atoms with van der Waals surface area (Å²) in [6.07, 6.45) is 11.2. The summed E-state index contributed by atoms with van der Waals surface area (Å²) in [6, 6.07) is 61.7. The molecule has 7 aromatic carbocycles. The molecule has 0 saturated heterocycles. The first kappa shape index (κ1) is 36.9. The van der Waals surface area contributed by atoms with Gasteiger partial charge in [-0.25, -0.2) is 9.98 Å². The van der Waals surface area contributed by atoms with Crippen LogP contribution in [-0.4, -0.2) is 16.1 Å². The fraction of sp³-hybridized carbons (Fsp3) is 0.138. The minimum absolute atomic E-state index is 0.0437. The molecule has 2 unspecified atom stereocenters. The molecule has 11 rings (SSSR count). The fourth-order valence-electron chi connectivity index (χ4n) is 10.2. The van der Waals surface area contributed by atoms with Crippen molar-refractivity contribution in [3.8, 4) is 27.9 Å². The van der Waals surface area contributed by atoms with Gasteiger partial charge in [0, 0.05) is 39.3 Å². The molecular formula is C58H47N3. The van der Waals surface area contributed by atoms with Crippen LogP contribution in [0.5, 0.6) is 0 Å². The third-order valence-electron chi connectivity index (χ3n) is 13.2. The molecule has 2 heterocycles. The van der Waals surface area contributed by atoms with E-state index in [-0.39, 0.29) is 11.3 Å². The van der Waals surface area contributed by atoms with Crippen LogP contribution in [0.3, 0.4) is 0 Å². The number of aromatic nitrogens is 1. The Balaban J connectivity index is 1.06. The SMILES string of the molecule is CCC1C=C(C2=CC(c3ccccc3)CC=C2)N=C(c2ccc(-c3ccccc3)cc2)N=C1c1cccc(-n2c3ccccc3c3c4c(ccc32)-c2ccccc2C4(C)C)c1. The molecule has 0 N–H and O–H groups in total. The van der Waals surface area contributed by atoms with Crippen LogP contribution < -0.4 is 0 Å². The Labute approximate surface area is 358 Å². The molecule has 3 nitrogen and oxygen atoms in total. The number of amidine groups is 1. The average Bonchev–Trinajstić information content (AvgIpc) is 3.67. The van der Waals surface area contributed by atoms with E-state index in [2.05, 4.69) is 220 Å². The van der Waals surface area contributed by atoms with Crippen LogP contribution in [0, 0.1) is 5.92 Å². The van der Waals surface area contributed by atoms with Gasteiger partial charge in [0.1, 0.15) is 0 Å². The number of nitrogens with zero attached hydrogens (tertiary/aromatic N) is 3. The molecule has 3 aliphatic rings. The molecule has 2 aliphatic carbocycles. The summed E-state index contributed by atoms with van der Waals surface area (Å²) in [4.78, 5) is 11.0. The van der Waals surface area contributed by atoms with Crippen molar-refractivity contribution in [2.75, 3.05) is 0 Å². The van der Waals surface area contributed by atoms with Crippen LogP contribution in [0.15, 0.2) is 215 Å². The first-order chi connectivity index (χ1) is 30.0. The van der Waals surface area contributed by atoms with Gasteiger partial charge >= 0.3 is 0 Å². The van der Waals surface area contributed by atoms with Gasteiger partial charge in [-0.15, -0.1) is 0 Å². The highest BCUT2D eigenvalue weighted by Gasteiger charge is 2.38. The lowest BCUT2D eigenvalue weighted by atomic mass is 9.80. The lowest BCUT2D eigenvalue weighted by molar-refractivity contribution is 0.666. The molecule has 0 bridgehead atoms. The second kappa shape index (κ2) is 14.9. The van der Waals surface area contributed by atoms with Gasteiger partial charge in [-0.2, -0.15) is 0 Å². The Bertz CT molecular complexity index is 3150. The van der Waals surface area contributed by atoms with Crippen LogP contribution in [0.2, 0.25) is 0 Å². The topological polar surface area (TPSA) is 29.6 Å². The molecule has 0 radical (unpaired) electrons. The highest BCUT2D eigenvalue weighted by molar-refractivity contribution is 6.16. The Morgan fingerprint density at radius 1 is 0.607 bits per heavy atom. The lowest BCUT2D eigenvalue weighted by Gasteiger charge is -2.22. The van der Waals surface area contributed by atoms with Gasteiger partial charge in [-0.05, 0) is 93.3 Å². The highest BCUT2D eigenvalue weighted by atomic mass is 15.0. The van der Waals surface area contributed by atoms with Gasteiger partial charge in [0.2, 0.25) is 0 Å². The second-order valence-electron chi connectivity index (χ2n) is 17.2. The van der Waals surface area contributed by atoms with Crippen molar-refractivity contribution < 1.29 is 0 Å². The van der Waals surface area contributed by atoms with Crippen LogP contribution >= 0.6 is 0 Å². The Hall–Kier alpha value is -7.10. The molecule has 8 aromatic rings. The van der Waals surface area contributed by atoms with Gasteiger partial charge in [0.15, 0.2) is 5.84 Å². The summed E-state index contributed by atoms with van der Waals surface area (Å²) < 4.78 is 2.46. The number of rotatable bonds is 7. The minimum atomic E-state index is -0.130. The summed E-state index contributed by atoms with van der Waals surface area (Å²) in [5, 5.41) is 2.61. The third kappa shape index (κ3) is 6.27. The maximum absolute atomic E-state index is 5.58. The summed E-state index contributed by atoms with van der Waals surface area (Å²) in [5.41, 5.74) is 17.8. The van der Waals surface area contributed by atoms with Gasteiger partial charge in [-0.1, -0.05) is 185 Å². The van der Waals surface area contributed by atoms with Crippen molar-refractivity contribution in [1.29, 1.82) is 0 Å². The van der Waals surface area contributed by atoms with E-state index in [1.807, 2.05) is 0 Å². The molecule has 61 heavy (non-hydrogen) atoms. The molecule has 3 heteroatoms. The fourth-order valence-corrected chi connectivity index (χ4v) is 10.2. The van der Waals surface area contributed by atoms with Crippen molar-refractivity contribution in [3.63, 3.8) is 0 Å². The van der Waals surface area contributed by atoms with E-state index in [0.717, 1.165) is 52.5 Å². The van der Waals surface area contributed by atoms with Gasteiger partial charge in [0.25, 0.3) is 0 Å². The lowest BCUT2D eigenvalue weighted by Crippen LogP contribution is -2.16. The van der Waals surface area contributed by atoms with Crippen LogP contribution in [-0.2, 0) is 5.41 Å². The van der Waals surface area contributed by atoms with Crippen LogP contribution in [0.25, 0.3) is 49.7 Å². The molecule has 0 saturated carbocycles. The maximum atomic E-state index is 5.58. The number of aliphatic imine (C=N–C) groups is 2. The first-order valence-electron chi connectivity index (χ1n) is 21.7. The number of benzene rings is 7. The summed E-state index contributed by atoms with van der Waals surface area (Å²) in [7, 11) is 0. The van der Waals surface area contributed by atoms with Gasteiger partial charge < -0.3 is 4.57 Å². The van der Waals surface area contributed by atoms with Crippen LogP contribution in [0.4, 0.5) is 0 Å². The van der Waals surface area contributed by atoms with Crippen molar-refractivity contribution in [1.82, 2.24) is 4.57 Å². The average molecular weight is 786 g/mol. The van der Waals surface area contributed by atoms with E-state index >= 15 is 0 Å². The van der Waals surface area contributed by atoms with E-state index in [4.69, 9.17) is 9.98 Å². The zero-order valence-electron chi connectivity index (χ0n) is 34.9. The zero-order valence-corrected chi connectivity index (χ0v) is 34.9. The van der Waals surface area contributed by atoms with Crippen molar-refractivity contribution in [2.45, 2.75) is 44.9 Å². The van der Waals surface area contributed by atoms with Crippen molar-refractivity contribution >= 4 is 33.4 Å². The molecule has 1 aliphatic heterocycles. The summed E-state index contributed by atoms with van der Waals surface area (Å²) in [6.45, 7) is 7.04. The first-order valence-corrected chi connectivity index (χ1v) is 21.7. The number of allylic oxidation sites excluding steroid dienone is 4. The third-order valence-corrected chi connectivity index (χ3v) is 13.2. The molecule has 0 spiro atoms. The molecule has 294 valence electrons. The van der Waals surface area contributed by atoms with E-state index in [9.17, 15) is 0 Å². The van der Waals surface area contributed by atoms with Crippen molar-refractivity contribution in [2.24, 2.45) is 15.9 Å². The van der Waals surface area contributed by atoms with E-state index in [0.29, 0.717) is 5.92 Å². The van der Waals surface area contributed by atoms with E-state index in [1.54, 1.807) is 0 Å². The second-order valence-corrected chi connectivity index (χ2v) is 17.2. The molecule has 0 amide bonds. The Kier molecular flexibility index (Phi) is 9.00. The standard InChI is InChI=1S/C58H47N3/c1-4-38-37-51(44-22-15-21-43(35-44)40-19-9-6-10-20-40)59-57(42-31-29-41(30-32-42)39-17-7-5-8-18-39)60-56(38)45-23-16-24-46(36-45)61-52-28-14-12-26-49(52)54-53(61)34-33-48-47-25-11-13-27-50(47)58(2,3)55(48)54/h5-20,22-38,43H,4,21H2,1-3H3. The molecular weight excluding hydrogens is 739 g/mol. The van der Waals surface area contributed by atoms with Crippen LogP contribution in [0.1, 0.15) is 67.3 Å². The number of hydrogen-bond donors (Lipinski definition) is 0. The van der Waals surface area contributed by atoms with Gasteiger partial charge in [0.05, 0.1) is 22.4 Å². The summed E-state index contributed by atoms with van der Waals surface area (Å²) in [5.74, 6) is 1.06. The zero-order chi connectivity index (χ0) is 41.1. The molecule has 0 fully saturated rings. The smallest absolute Gasteiger partial charge is 0.160 e. The highest BCUT2D eigenvalue weighted by Crippen LogP contribution is 2.53. The largest absolute Gasteiger partial charge is 0.309 e. The number of para-hydroxylation sites is 1. The van der Waals surface area contributed by atoms with E-state index < -0.39 is 0 Å². The minimum Gasteiger partial charge on any atom is -0.309 e. The normalized spacial score (nSPS) is 17.9. The Morgan fingerprint density at radius 3 is 2.13 bits per heavy atom. The number of fused-ring (bicyclic) bond motifs is 7. The predicted molar refractivity (Wildman–Crippen MR) is 256 cm³/mol. The molecule has 2 atom stereocenters. The van der Waals surface area contributed by atoms with E-state index in [1.165, 1.54) is 60.8 Å². The Morgan fingerprint density at radius 2 is 1.31 bits per heavy atom. The summed E-state index contributed by atoms with van der Waals surface area (Å²) >= 11 is 0. The number of hydrogen-bond acceptors (Lipinski definition) is 2. The molecule has 1 aromatic heterocycles.